The predicted molar refractivity (Wildman–Crippen MR) is 157 cm³/mol. The Morgan fingerprint density at radius 3 is 2.49 bits per heavy atom. The quantitative estimate of drug-likeness (QED) is 0.300. The molecule has 7 nitrogen and oxygen atoms in total. The van der Waals surface area contributed by atoms with Gasteiger partial charge in [0.15, 0.2) is 6.23 Å². The molecule has 0 saturated carbocycles. The monoisotopic (exact) mass is 519 g/mol. The average molecular weight is 520 g/mol. The molecule has 2 N–H and O–H groups in total. The smallest absolute Gasteiger partial charge is 0.251 e. The van der Waals surface area contributed by atoms with E-state index in [4.69, 9.17) is 9.72 Å². The standard InChI is InChI=1S/C32H33N5O2/c1-19-15-20(2)31-27(16-19)26(17-29(36-31)28-9-7-8-14-33-28)21(3)35-25-12-10-24(11-13-25)32(38)34-18-30-22(4)37(6)23(5)39-30/h7-17,23,35H,3,18H2,1-2,4-6H3,(H,34,38). The van der Waals surface area contributed by atoms with Gasteiger partial charge < -0.3 is 20.3 Å². The maximum Gasteiger partial charge on any atom is 0.251 e. The second kappa shape index (κ2) is 10.6. The lowest BCUT2D eigenvalue weighted by Gasteiger charge is -2.16. The molecule has 1 aliphatic rings. The summed E-state index contributed by atoms with van der Waals surface area (Å²) in [5.74, 6) is 0.630. The Balaban J connectivity index is 1.36. The first-order valence-electron chi connectivity index (χ1n) is 13.0. The molecule has 0 fully saturated rings. The van der Waals surface area contributed by atoms with Crippen molar-refractivity contribution in [2.45, 2.75) is 33.9 Å². The molecule has 7 heteroatoms. The van der Waals surface area contributed by atoms with Gasteiger partial charge in [-0.25, -0.2) is 4.98 Å². The van der Waals surface area contributed by atoms with Gasteiger partial charge in [0.1, 0.15) is 5.76 Å². The van der Waals surface area contributed by atoms with Crippen molar-refractivity contribution in [3.63, 3.8) is 0 Å². The second-order valence-corrected chi connectivity index (χ2v) is 9.95. The molecule has 0 spiro atoms. The van der Waals surface area contributed by atoms with Crippen molar-refractivity contribution in [3.8, 4) is 11.4 Å². The van der Waals surface area contributed by atoms with Crippen molar-refractivity contribution in [2.75, 3.05) is 18.9 Å². The summed E-state index contributed by atoms with van der Waals surface area (Å²) in [7, 11) is 1.98. The molecule has 0 aliphatic carbocycles. The van der Waals surface area contributed by atoms with E-state index in [1.165, 1.54) is 0 Å². The number of hydrogen-bond acceptors (Lipinski definition) is 6. The van der Waals surface area contributed by atoms with Crippen molar-refractivity contribution in [1.82, 2.24) is 20.2 Å². The summed E-state index contributed by atoms with van der Waals surface area (Å²) < 4.78 is 5.82. The van der Waals surface area contributed by atoms with Crippen LogP contribution in [0.1, 0.15) is 40.9 Å². The van der Waals surface area contributed by atoms with E-state index in [-0.39, 0.29) is 12.1 Å². The number of anilines is 1. The topological polar surface area (TPSA) is 79.4 Å². The van der Waals surface area contributed by atoms with E-state index in [0.717, 1.165) is 61.8 Å². The highest BCUT2D eigenvalue weighted by Crippen LogP contribution is 2.31. The average Bonchev–Trinajstić information content (AvgIpc) is 3.18. The van der Waals surface area contributed by atoms with Crippen LogP contribution < -0.4 is 10.6 Å². The molecule has 3 heterocycles. The minimum absolute atomic E-state index is 0.0271. The molecule has 39 heavy (non-hydrogen) atoms. The fraction of sp³-hybridized carbons (Fsp3) is 0.219. The van der Waals surface area contributed by atoms with Crippen LogP contribution in [0, 0.1) is 13.8 Å². The summed E-state index contributed by atoms with van der Waals surface area (Å²) in [5.41, 5.74) is 8.90. The summed E-state index contributed by atoms with van der Waals surface area (Å²) in [6.45, 7) is 12.8. The van der Waals surface area contributed by atoms with Crippen LogP contribution in [0.25, 0.3) is 28.0 Å². The molecular weight excluding hydrogens is 486 g/mol. The maximum atomic E-state index is 12.8. The van der Waals surface area contributed by atoms with Gasteiger partial charge in [-0.1, -0.05) is 24.3 Å². The molecule has 0 radical (unpaired) electrons. The van der Waals surface area contributed by atoms with Gasteiger partial charge in [0.2, 0.25) is 0 Å². The number of ether oxygens (including phenoxy) is 1. The zero-order valence-corrected chi connectivity index (χ0v) is 23.0. The first-order valence-corrected chi connectivity index (χ1v) is 13.0. The van der Waals surface area contributed by atoms with Crippen LogP contribution in [0.15, 0.2) is 84.9 Å². The number of carbonyl (C=O) groups excluding carboxylic acids is 1. The molecule has 1 amide bonds. The van der Waals surface area contributed by atoms with E-state index < -0.39 is 0 Å². The molecule has 1 unspecified atom stereocenters. The van der Waals surface area contributed by atoms with E-state index in [0.29, 0.717) is 12.1 Å². The van der Waals surface area contributed by atoms with Crippen LogP contribution in [0.3, 0.4) is 0 Å². The van der Waals surface area contributed by atoms with Crippen molar-refractivity contribution < 1.29 is 9.53 Å². The Kier molecular flexibility index (Phi) is 7.07. The van der Waals surface area contributed by atoms with Gasteiger partial charge in [0.05, 0.1) is 29.1 Å². The number of nitrogens with one attached hydrogen (secondary N) is 2. The first kappa shape index (κ1) is 26.0. The van der Waals surface area contributed by atoms with Crippen LogP contribution in [-0.2, 0) is 4.74 Å². The molecule has 1 aliphatic heterocycles. The van der Waals surface area contributed by atoms with Crippen LogP contribution in [-0.4, -0.2) is 40.6 Å². The highest BCUT2D eigenvalue weighted by atomic mass is 16.5. The van der Waals surface area contributed by atoms with E-state index in [9.17, 15) is 4.79 Å². The van der Waals surface area contributed by atoms with Gasteiger partial charge >= 0.3 is 0 Å². The number of hydrogen-bond donors (Lipinski definition) is 2. The van der Waals surface area contributed by atoms with Gasteiger partial charge in [-0.05, 0) is 81.8 Å². The fourth-order valence-corrected chi connectivity index (χ4v) is 4.79. The van der Waals surface area contributed by atoms with Gasteiger partial charge in [0.25, 0.3) is 5.91 Å². The molecular formula is C32H33N5O2. The third kappa shape index (κ3) is 5.34. The summed E-state index contributed by atoms with van der Waals surface area (Å²) in [6, 6.07) is 19.5. The number of nitrogens with zero attached hydrogens (tertiary/aromatic N) is 3. The number of pyridine rings is 2. The Labute approximate surface area is 229 Å². The van der Waals surface area contributed by atoms with Gasteiger partial charge in [-0.2, -0.15) is 0 Å². The Hall–Kier alpha value is -4.65. The maximum absolute atomic E-state index is 12.8. The molecule has 2 aromatic carbocycles. The summed E-state index contributed by atoms with van der Waals surface area (Å²) in [4.78, 5) is 24.2. The predicted octanol–water partition coefficient (Wildman–Crippen LogP) is 6.27. The van der Waals surface area contributed by atoms with Crippen molar-refractivity contribution in [3.05, 3.63) is 107 Å². The molecule has 0 bridgehead atoms. The molecule has 5 rings (SSSR count). The zero-order valence-electron chi connectivity index (χ0n) is 23.0. The molecule has 4 aromatic rings. The first-order chi connectivity index (χ1) is 18.7. The van der Waals surface area contributed by atoms with Gasteiger partial charge in [-0.3, -0.25) is 9.78 Å². The second-order valence-electron chi connectivity index (χ2n) is 9.95. The number of carbonyl (C=O) groups is 1. The third-order valence-corrected chi connectivity index (χ3v) is 7.14. The molecule has 1 atom stereocenters. The Morgan fingerprint density at radius 2 is 1.82 bits per heavy atom. The Morgan fingerprint density at radius 1 is 1.05 bits per heavy atom. The minimum atomic E-state index is -0.155. The van der Waals surface area contributed by atoms with E-state index >= 15 is 0 Å². The van der Waals surface area contributed by atoms with Crippen LogP contribution in [0.2, 0.25) is 0 Å². The largest absolute Gasteiger partial charge is 0.472 e. The summed E-state index contributed by atoms with van der Waals surface area (Å²) >= 11 is 0. The lowest BCUT2D eigenvalue weighted by atomic mass is 9.99. The van der Waals surface area contributed by atoms with Crippen molar-refractivity contribution in [2.24, 2.45) is 0 Å². The molecule has 198 valence electrons. The van der Waals surface area contributed by atoms with E-state index in [1.807, 2.05) is 62.2 Å². The zero-order chi connectivity index (χ0) is 27.7. The SMILES string of the molecule is C=C(Nc1ccc(C(=O)NCC2=C(C)N(C)C(C)O2)cc1)c1cc(-c2ccccn2)nc2c(C)cc(C)cc12. The van der Waals surface area contributed by atoms with Gasteiger partial charge in [0, 0.05) is 41.1 Å². The van der Waals surface area contributed by atoms with E-state index in [2.05, 4.69) is 48.2 Å². The number of aryl methyl sites for hydroxylation is 2. The van der Waals surface area contributed by atoms with Crippen molar-refractivity contribution >= 4 is 28.2 Å². The van der Waals surface area contributed by atoms with Crippen molar-refractivity contribution in [1.29, 1.82) is 0 Å². The summed E-state index contributed by atoms with van der Waals surface area (Å²) in [5, 5.41) is 7.40. The van der Waals surface area contributed by atoms with Crippen LogP contribution in [0.5, 0.6) is 0 Å². The molecule has 0 saturated heterocycles. The normalized spacial score (nSPS) is 14.9. The fourth-order valence-electron chi connectivity index (χ4n) is 4.79. The number of benzene rings is 2. The molecule has 2 aromatic heterocycles. The number of fused-ring (bicyclic) bond motifs is 1. The minimum Gasteiger partial charge on any atom is -0.472 e. The Bertz CT molecular complexity index is 1590. The lowest BCUT2D eigenvalue weighted by molar-refractivity contribution is 0.0678. The summed E-state index contributed by atoms with van der Waals surface area (Å²) in [6.07, 6.45) is 1.74. The lowest BCUT2D eigenvalue weighted by Crippen LogP contribution is -2.26. The third-order valence-electron chi connectivity index (χ3n) is 7.14. The van der Waals surface area contributed by atoms with Crippen LogP contribution >= 0.6 is 0 Å². The number of aromatic nitrogens is 2. The highest BCUT2D eigenvalue weighted by molar-refractivity contribution is 5.98. The number of rotatable bonds is 7. The number of amides is 1. The van der Waals surface area contributed by atoms with E-state index in [1.54, 1.807) is 18.3 Å². The highest BCUT2D eigenvalue weighted by Gasteiger charge is 2.24. The van der Waals surface area contributed by atoms with Crippen LogP contribution in [0.4, 0.5) is 5.69 Å². The number of allylic oxidation sites excluding steroid dienone is 1. The van der Waals surface area contributed by atoms with Gasteiger partial charge in [-0.15, -0.1) is 0 Å².